The molecule has 140 heavy (non-hydrogen) atoms. The van der Waals surface area contributed by atoms with Crippen molar-refractivity contribution in [2.45, 2.75) is 136 Å². The lowest BCUT2D eigenvalue weighted by molar-refractivity contribution is -0.313. The van der Waals surface area contributed by atoms with Crippen molar-refractivity contribution in [2.24, 2.45) is 0 Å². The minimum absolute atomic E-state index is 0.0299. The van der Waals surface area contributed by atoms with E-state index >= 15 is 0 Å². The number of halogens is 12. The molecule has 0 N–H and O–H groups in total. The van der Waals surface area contributed by atoms with E-state index in [9.17, 15) is 238 Å². The van der Waals surface area contributed by atoms with Crippen molar-refractivity contribution in [2.75, 3.05) is 107 Å². The zero-order valence-electron chi connectivity index (χ0n) is 69.4. The Kier molecular flexibility index (Phi) is 43.1. The molecule has 100 heteroatoms. The van der Waals surface area contributed by atoms with E-state index < -0.39 is 364 Å². The highest BCUT2D eigenvalue weighted by molar-refractivity contribution is 8.09. The number of hydrogen-bond acceptors (Lipinski definition) is 66. The van der Waals surface area contributed by atoms with E-state index in [1.165, 1.54) is 27.7 Å². The average molecular weight is 2540 g/mol. The minimum atomic E-state index is -5.41. The molecule has 0 saturated carbocycles. The summed E-state index contributed by atoms with van der Waals surface area (Å²) in [7, 11) is -96.4. The first kappa shape index (κ1) is 135. The Bertz CT molecular complexity index is 6740. The van der Waals surface area contributed by atoms with Crippen LogP contribution in [0, 0.1) is 0 Å². The molecular formula is C40H68F12O66S22. The molecule has 0 aliphatic carbocycles. The summed E-state index contributed by atoms with van der Waals surface area (Å²) in [6.07, 6.45) is -15.0. The molecule has 0 unspecified atom stereocenters. The van der Waals surface area contributed by atoms with Gasteiger partial charge in [-0.3, -0.25) is 25.1 Å². The minimum Gasteiger partial charge on any atom is -0.269 e. The van der Waals surface area contributed by atoms with Crippen LogP contribution in [0.4, 0.5) is 52.7 Å². The van der Waals surface area contributed by atoms with Gasteiger partial charge in [0.05, 0.1) is 37.9 Å². The van der Waals surface area contributed by atoms with Crippen LogP contribution in [-0.4, -0.2) is 353 Å². The zero-order valence-corrected chi connectivity index (χ0v) is 87.4. The molecule has 11 fully saturated rings. The molecule has 0 spiro atoms. The molecule has 11 heterocycles. The van der Waals surface area contributed by atoms with Crippen LogP contribution in [-0.2, 0) is 315 Å². The van der Waals surface area contributed by atoms with Gasteiger partial charge in [-0.1, -0.05) is 0 Å². The molecule has 840 valence electrons. The molecule has 11 saturated heterocycles. The summed E-state index contributed by atoms with van der Waals surface area (Å²) in [6, 6.07) is 0. The molecule has 0 atom stereocenters. The number of rotatable bonds is 0. The van der Waals surface area contributed by atoms with Crippen LogP contribution in [0.15, 0.2) is 0 Å². The van der Waals surface area contributed by atoms with Crippen LogP contribution in [0.2, 0.25) is 0 Å². The molecule has 0 aromatic carbocycles. The van der Waals surface area contributed by atoms with Crippen molar-refractivity contribution in [3.8, 4) is 0 Å². The summed E-state index contributed by atoms with van der Waals surface area (Å²) in [4.78, 5) is 0. The van der Waals surface area contributed by atoms with Crippen molar-refractivity contribution in [1.29, 1.82) is 0 Å². The van der Waals surface area contributed by atoms with Crippen molar-refractivity contribution in [3.63, 3.8) is 0 Å². The highest BCUT2D eigenvalue weighted by Crippen LogP contribution is 2.43. The van der Waals surface area contributed by atoms with E-state index in [1.54, 1.807) is 0 Å². The first-order valence-corrected chi connectivity index (χ1v) is 66.5. The van der Waals surface area contributed by atoms with Crippen molar-refractivity contribution in [3.05, 3.63) is 0 Å². The Hall–Kier alpha value is -2.82. The zero-order chi connectivity index (χ0) is 111. The molecule has 0 radical (unpaired) electrons. The van der Waals surface area contributed by atoms with Crippen LogP contribution in [0.25, 0.3) is 0 Å². The topological polar surface area (TPSA) is 954 Å². The first-order valence-electron chi connectivity index (χ1n) is 32.8. The smallest absolute Gasteiger partial charge is 0.269 e. The quantitative estimate of drug-likeness (QED) is 0.161. The SMILES string of the molecule is CC1(C(F)(F)F)OS(=O)(=O)CCS(=O)(=O)O1.CC1(C(F)(F)F)OS(=O)(=O)CS(=O)(=O)O1.CC1(C)OS(=O)(=O)C(C)(C)S(=O)(=O)O1.CC1(C)OS(=O)(=O)CS(=O)(=O)O1.CC1(C)S(=O)(=O)OCOS1(=O)=O.O=S1(=O)CS(=O)(=O)OC(F)(F)O1.O=S1(=O)CS(=O)(=O)OCC(F)(F)CO1.O=S1(=O)CS(=O)(=O)OCCCO1.O=S1(=O)CS(=O)(=O)OCCO1.O=S1(=O)CS(=O)(=O)OCO1.O=S1(=O)OCOS(=O)(=O)C1(F)F. The van der Waals surface area contributed by atoms with Gasteiger partial charge in [0.1, 0.15) is 13.2 Å². The summed E-state index contributed by atoms with van der Waals surface area (Å²) in [6.45, 7) is 3.13. The maximum Gasteiger partial charge on any atom is 0.514 e. The standard InChI is InChI=1S/C6H12O6S2.C5H7F3O6S2.C4H5F3O6S2.C4H6F2O6S2.3C4H8O6S2.C3H6O6S2.2C2H2F2O6S2.C2H4O6S2/c1-5(2)11-13(7,8)6(3,4)14(9,10)12-5;1-4(5(6,7)8)13-15(9,10)2-3-16(11,12)14-4;1-3(4(5,6)7)12-14(8,9)2-15(10,11)13-3;5-4(6)1-11-13(7,8)3-14(9,10)12-2-4;1-4(2)9-11(5,6)3-12(7,8)10-4;1-4(2)11(5,6)9-3-10-12(4,7)8;5-11(6)4-12(7,8)10-3-1-2-9-11;4-10(5)3-11(6,7)9-2-1-8-10;3-2(4)9-11(5,6)1-12(7,8)10-2;3-2(4)11(5,6)9-1-10-12(2,7)8;3-9(4)2-10(5,6)8-1-7-9/h1-4H3;2-3H2,1H3;2H2,1H3;1-3H2;2*3H2,1-2H3;1-4H2;1-3H2;2*1H2;1-2H2. The molecular weight excluding hydrogens is 2470 g/mol. The van der Waals surface area contributed by atoms with Crippen LogP contribution in [0.3, 0.4) is 0 Å². The average Bonchev–Trinajstić information content (AvgIpc) is 0.893. The third kappa shape index (κ3) is 44.0. The Morgan fingerprint density at radius 3 is 0.643 bits per heavy atom. The fourth-order valence-electron chi connectivity index (χ4n) is 7.21. The number of alkyl halides is 12. The first-order chi connectivity index (χ1) is 60.7. The number of hydrogen-bond donors (Lipinski definition) is 0. The third-order valence-electron chi connectivity index (χ3n) is 13.1. The monoisotopic (exact) mass is 2540 g/mol. The van der Waals surface area contributed by atoms with Gasteiger partial charge in [0, 0.05) is 13.8 Å². The second-order valence-electron chi connectivity index (χ2n) is 27.2. The van der Waals surface area contributed by atoms with E-state index in [4.69, 9.17) is 0 Å². The van der Waals surface area contributed by atoms with Gasteiger partial charge in [-0.05, 0) is 61.8 Å². The third-order valence-corrected chi connectivity index (χ3v) is 51.9. The van der Waals surface area contributed by atoms with Gasteiger partial charge in [-0.25, -0.2) is 67.3 Å². The van der Waals surface area contributed by atoms with Gasteiger partial charge < -0.3 is 0 Å². The molecule has 0 aromatic heterocycles. The van der Waals surface area contributed by atoms with Gasteiger partial charge in [-0.15, -0.1) is 8.78 Å². The molecule has 0 bridgehead atoms. The van der Waals surface area contributed by atoms with Crippen molar-refractivity contribution < 1.29 is 330 Å². The second-order valence-corrected chi connectivity index (χ2v) is 68.3. The maximum atomic E-state index is 12.6. The lowest BCUT2D eigenvalue weighted by Crippen LogP contribution is -2.54. The van der Waals surface area contributed by atoms with Gasteiger partial charge in [0.15, 0.2) is 32.0 Å². The molecule has 11 aliphatic rings. The fourth-order valence-corrected chi connectivity index (χ4v) is 36.4. The second kappa shape index (κ2) is 44.6. The molecule has 11 rings (SSSR count). The van der Waals surface area contributed by atoms with E-state index in [1.807, 2.05) is 0 Å². The Labute approximate surface area is 789 Å². The van der Waals surface area contributed by atoms with Crippen molar-refractivity contribution >= 4 is 223 Å². The maximum absolute atomic E-state index is 12.6. The van der Waals surface area contributed by atoms with Gasteiger partial charge in [0.25, 0.3) is 220 Å². The van der Waals surface area contributed by atoms with Gasteiger partial charge >= 0.3 is 43.5 Å². The normalized spacial score (nSPS) is 30.1. The molecule has 0 aromatic rings. The van der Waals surface area contributed by atoms with E-state index in [0.29, 0.717) is 0 Å². The summed E-state index contributed by atoms with van der Waals surface area (Å²) in [5, 5.41) is -9.10. The Morgan fingerprint density at radius 2 is 0.407 bits per heavy atom. The summed E-state index contributed by atoms with van der Waals surface area (Å²) < 4.78 is 697. The Balaban J connectivity index is 0.000000772. The van der Waals surface area contributed by atoms with Gasteiger partial charge in [0.2, 0.25) is 43.8 Å². The summed E-state index contributed by atoms with van der Waals surface area (Å²) in [5.74, 6) is -16.5. The highest BCUT2D eigenvalue weighted by atomic mass is 32.3. The van der Waals surface area contributed by atoms with Gasteiger partial charge in [-0.2, -0.15) is 229 Å². The fraction of sp³-hybridized carbons (Fsp3) is 1.00. The van der Waals surface area contributed by atoms with E-state index in [0.717, 1.165) is 27.7 Å². The Morgan fingerprint density at radius 1 is 0.207 bits per heavy atom. The molecule has 66 nitrogen and oxygen atoms in total. The predicted molar refractivity (Wildman–Crippen MR) is 412 cm³/mol. The summed E-state index contributed by atoms with van der Waals surface area (Å²) in [5.41, 5.74) is 0. The molecule has 0 amide bonds. The molecule has 11 aliphatic heterocycles. The van der Waals surface area contributed by atoms with E-state index in [-0.39, 0.29) is 46.7 Å². The van der Waals surface area contributed by atoms with Crippen LogP contribution in [0.5, 0.6) is 0 Å². The van der Waals surface area contributed by atoms with Crippen LogP contribution in [0.1, 0.15) is 75.7 Å². The lowest BCUT2D eigenvalue weighted by Gasteiger charge is -2.36. The highest BCUT2D eigenvalue weighted by Gasteiger charge is 2.66. The van der Waals surface area contributed by atoms with Crippen LogP contribution < -0.4 is 0 Å². The largest absolute Gasteiger partial charge is 0.514 e. The van der Waals surface area contributed by atoms with Crippen molar-refractivity contribution in [1.82, 2.24) is 0 Å². The predicted octanol–water partition coefficient (Wildman–Crippen LogP) is -7.18. The summed E-state index contributed by atoms with van der Waals surface area (Å²) >= 11 is 0. The van der Waals surface area contributed by atoms with Crippen LogP contribution >= 0.6 is 0 Å². The van der Waals surface area contributed by atoms with E-state index in [2.05, 4.69) is 92.0 Å². The lowest BCUT2D eigenvalue weighted by atomic mass is 10.3.